The van der Waals surface area contributed by atoms with Gasteiger partial charge < -0.3 is 4.89 Å². The monoisotopic (exact) mass is 444 g/mol. The Labute approximate surface area is 176 Å². The molecule has 0 aliphatic carbocycles. The predicted molar refractivity (Wildman–Crippen MR) is 118 cm³/mol. The number of benzene rings is 3. The molecular formula is C21H21N2O3PS2. The lowest BCUT2D eigenvalue weighted by molar-refractivity contribution is 0.420. The summed E-state index contributed by atoms with van der Waals surface area (Å²) in [6.07, 6.45) is 0. The van der Waals surface area contributed by atoms with Gasteiger partial charge in [-0.2, -0.15) is 0 Å². The number of hydrogen-bond donors (Lipinski definition) is 2. The van der Waals surface area contributed by atoms with Gasteiger partial charge in [-0.25, -0.2) is 13.5 Å². The van der Waals surface area contributed by atoms with Crippen LogP contribution in [-0.4, -0.2) is 17.4 Å². The van der Waals surface area contributed by atoms with Gasteiger partial charge in [0, 0.05) is 0 Å². The fourth-order valence-electron chi connectivity index (χ4n) is 3.61. The van der Waals surface area contributed by atoms with E-state index < -0.39 is 28.7 Å². The second-order valence-corrected chi connectivity index (χ2v) is 12.4. The van der Waals surface area contributed by atoms with Crippen LogP contribution in [0.1, 0.15) is 28.8 Å². The molecule has 1 saturated heterocycles. The Morgan fingerprint density at radius 3 is 1.97 bits per heavy atom. The summed E-state index contributed by atoms with van der Waals surface area (Å²) in [6.45, 7) is -1.68. The van der Waals surface area contributed by atoms with Gasteiger partial charge >= 0.3 is 0 Å². The first-order valence-electron chi connectivity index (χ1n) is 9.13. The summed E-state index contributed by atoms with van der Waals surface area (Å²) in [5, 5.41) is 3.06. The van der Waals surface area contributed by atoms with Crippen molar-refractivity contribution in [3.63, 3.8) is 0 Å². The van der Waals surface area contributed by atoms with Crippen LogP contribution in [0.5, 0.6) is 0 Å². The summed E-state index contributed by atoms with van der Waals surface area (Å²) in [5.74, 6) is 0. The van der Waals surface area contributed by atoms with Gasteiger partial charge in [0.05, 0.1) is 17.0 Å². The quantitative estimate of drug-likeness (QED) is 0.588. The standard InChI is InChI=1S/C21H21N2O3PS2/c1-16-12-14-19(15-13-16)29(25,26)23-21(18-10-6-3-7-11-18)20(22-27(23,24)28)17-8-4-2-5-9-17/h2-15,20-21H,1H3,(H2,22,24,28). The van der Waals surface area contributed by atoms with Gasteiger partial charge in [-0.1, -0.05) is 78.4 Å². The van der Waals surface area contributed by atoms with Crippen LogP contribution in [-0.2, 0) is 21.8 Å². The van der Waals surface area contributed by atoms with E-state index in [1.54, 1.807) is 24.3 Å². The highest BCUT2D eigenvalue weighted by Crippen LogP contribution is 2.61. The molecule has 4 rings (SSSR count). The van der Waals surface area contributed by atoms with Crippen LogP contribution in [0.4, 0.5) is 0 Å². The molecule has 1 aliphatic heterocycles. The minimum atomic E-state index is -4.04. The number of nitrogens with one attached hydrogen (secondary N) is 1. The van der Waals surface area contributed by atoms with Crippen molar-refractivity contribution in [2.45, 2.75) is 23.9 Å². The maximum atomic E-state index is 13.6. The smallest absolute Gasteiger partial charge is 0.250 e. The zero-order valence-electron chi connectivity index (χ0n) is 15.7. The number of nitrogens with zero attached hydrogens (tertiary/aromatic N) is 1. The molecule has 3 atom stereocenters. The van der Waals surface area contributed by atoms with E-state index in [1.165, 1.54) is 0 Å². The number of aryl methyl sites for hydroxylation is 1. The first kappa shape index (κ1) is 20.4. The maximum Gasteiger partial charge on any atom is 0.250 e. The molecule has 0 saturated carbocycles. The molecule has 3 aromatic rings. The Morgan fingerprint density at radius 2 is 1.41 bits per heavy atom. The average molecular weight is 445 g/mol. The minimum Gasteiger partial charge on any atom is -0.342 e. The zero-order valence-corrected chi connectivity index (χ0v) is 18.2. The van der Waals surface area contributed by atoms with Crippen molar-refractivity contribution in [3.8, 4) is 0 Å². The van der Waals surface area contributed by atoms with E-state index in [4.69, 9.17) is 11.8 Å². The molecule has 3 aromatic carbocycles. The largest absolute Gasteiger partial charge is 0.342 e. The maximum absolute atomic E-state index is 13.6. The zero-order chi connectivity index (χ0) is 20.6. The van der Waals surface area contributed by atoms with Crippen LogP contribution in [0.15, 0.2) is 89.8 Å². The van der Waals surface area contributed by atoms with Gasteiger partial charge in [0.2, 0.25) is 16.6 Å². The van der Waals surface area contributed by atoms with E-state index in [0.717, 1.165) is 20.8 Å². The molecule has 3 unspecified atom stereocenters. The fraction of sp³-hybridized carbons (Fsp3) is 0.143. The van der Waals surface area contributed by atoms with E-state index in [9.17, 15) is 13.3 Å². The Hall–Kier alpha value is -1.86. The Balaban J connectivity index is 1.90. The van der Waals surface area contributed by atoms with Gasteiger partial charge in [0.25, 0.3) is 0 Å². The summed E-state index contributed by atoms with van der Waals surface area (Å²) < 4.78 is 28.3. The molecule has 2 N–H and O–H groups in total. The van der Waals surface area contributed by atoms with Gasteiger partial charge in [-0.3, -0.25) is 0 Å². The van der Waals surface area contributed by atoms with Gasteiger partial charge in [0.1, 0.15) is 0 Å². The second kappa shape index (κ2) is 7.76. The van der Waals surface area contributed by atoms with Crippen molar-refractivity contribution >= 4 is 28.4 Å². The highest BCUT2D eigenvalue weighted by molar-refractivity contribution is 8.14. The first-order valence-corrected chi connectivity index (χ1v) is 13.3. The molecule has 0 aromatic heterocycles. The van der Waals surface area contributed by atoms with E-state index in [2.05, 4.69) is 5.09 Å². The van der Waals surface area contributed by atoms with Crippen molar-refractivity contribution < 1.29 is 13.3 Å². The van der Waals surface area contributed by atoms with Gasteiger partial charge in [-0.05, 0) is 42.0 Å². The van der Waals surface area contributed by atoms with E-state index >= 15 is 0 Å². The minimum absolute atomic E-state index is 0.114. The molecular weight excluding hydrogens is 423 g/mol. The summed E-state index contributed by atoms with van der Waals surface area (Å²) in [4.78, 5) is 11.2. The highest BCUT2D eigenvalue weighted by Gasteiger charge is 2.52. The Bertz CT molecular complexity index is 1150. The average Bonchev–Trinajstić information content (AvgIpc) is 3.01. The molecule has 29 heavy (non-hydrogen) atoms. The normalized spacial score (nSPS) is 25.2. The number of sulfonamides is 1. The fourth-order valence-corrected chi connectivity index (χ4v) is 9.24. The highest BCUT2D eigenvalue weighted by atomic mass is 32.5. The van der Waals surface area contributed by atoms with Crippen LogP contribution < -0.4 is 5.09 Å². The number of hydrogen-bond acceptors (Lipinski definition) is 3. The van der Waals surface area contributed by atoms with Crippen molar-refractivity contribution in [1.29, 1.82) is 0 Å². The third kappa shape index (κ3) is 3.82. The van der Waals surface area contributed by atoms with Crippen LogP contribution in [0.3, 0.4) is 0 Å². The van der Waals surface area contributed by atoms with Gasteiger partial charge in [0.15, 0.2) is 0 Å². The van der Waals surface area contributed by atoms with Crippen LogP contribution in [0.25, 0.3) is 0 Å². The lowest BCUT2D eigenvalue weighted by Crippen LogP contribution is -2.29. The van der Waals surface area contributed by atoms with Gasteiger partial charge in [-0.15, -0.1) is 4.08 Å². The molecule has 150 valence electrons. The summed E-state index contributed by atoms with van der Waals surface area (Å²) in [7, 11) is -4.04. The predicted octanol–water partition coefficient (Wildman–Crippen LogP) is 4.29. The number of rotatable bonds is 4. The van der Waals surface area contributed by atoms with Crippen molar-refractivity contribution in [3.05, 3.63) is 102 Å². The second-order valence-electron chi connectivity index (χ2n) is 7.01. The molecule has 8 heteroatoms. The molecule has 1 heterocycles. The lowest BCUT2D eigenvalue weighted by Gasteiger charge is -2.28. The van der Waals surface area contributed by atoms with E-state index in [0.29, 0.717) is 0 Å². The molecule has 0 radical (unpaired) electrons. The Kier molecular flexibility index (Phi) is 5.46. The first-order chi connectivity index (χ1) is 13.8. The third-order valence-corrected chi connectivity index (χ3v) is 10.5. The molecule has 1 aliphatic rings. The molecule has 1 fully saturated rings. The Morgan fingerprint density at radius 1 is 0.897 bits per heavy atom. The topological polar surface area (TPSA) is 69.6 Å². The van der Waals surface area contributed by atoms with Crippen molar-refractivity contribution in [1.82, 2.24) is 9.16 Å². The van der Waals surface area contributed by atoms with Crippen LogP contribution in [0, 0.1) is 6.92 Å². The van der Waals surface area contributed by atoms with Crippen molar-refractivity contribution in [2.75, 3.05) is 0 Å². The molecule has 0 spiro atoms. The SMILES string of the molecule is Cc1ccc(S(=O)(=O)N2C(c3ccccc3)C(c3ccccc3)NP2(O)=S)cc1. The molecule has 0 amide bonds. The summed E-state index contributed by atoms with van der Waals surface area (Å²) in [5.41, 5.74) is 2.59. The third-order valence-electron chi connectivity index (χ3n) is 4.99. The molecule has 0 bridgehead atoms. The molecule has 5 nitrogen and oxygen atoms in total. The van der Waals surface area contributed by atoms with Crippen molar-refractivity contribution in [2.24, 2.45) is 0 Å². The summed E-state index contributed by atoms with van der Waals surface area (Å²) in [6, 6.07) is 24.2. The summed E-state index contributed by atoms with van der Waals surface area (Å²) >= 11 is 5.46. The van der Waals surface area contributed by atoms with E-state index in [-0.39, 0.29) is 4.90 Å². The van der Waals surface area contributed by atoms with Crippen LogP contribution >= 0.6 is 6.57 Å². The lowest BCUT2D eigenvalue weighted by atomic mass is 9.95. The van der Waals surface area contributed by atoms with E-state index in [1.807, 2.05) is 67.6 Å². The van der Waals surface area contributed by atoms with Crippen LogP contribution in [0.2, 0.25) is 0 Å².